The second-order valence-electron chi connectivity index (χ2n) is 5.05. The van der Waals surface area contributed by atoms with Crippen molar-refractivity contribution in [2.45, 2.75) is 39.4 Å². The minimum absolute atomic E-state index is 0.0148. The van der Waals surface area contributed by atoms with Crippen molar-refractivity contribution in [1.82, 2.24) is 9.47 Å². The van der Waals surface area contributed by atoms with Crippen LogP contribution in [0.5, 0.6) is 0 Å². The van der Waals surface area contributed by atoms with Gasteiger partial charge in [0.15, 0.2) is 0 Å². The Morgan fingerprint density at radius 3 is 2.84 bits per heavy atom. The van der Waals surface area contributed by atoms with Crippen molar-refractivity contribution >= 4 is 0 Å². The quantitative estimate of drug-likeness (QED) is 0.790. The molecule has 5 heteroatoms. The molecule has 106 valence electrons. The number of nitrogens with two attached hydrogens (primary N) is 1. The van der Waals surface area contributed by atoms with E-state index < -0.39 is 0 Å². The van der Waals surface area contributed by atoms with Crippen LogP contribution in [0.25, 0.3) is 0 Å². The molecule has 1 aromatic rings. The van der Waals surface area contributed by atoms with Crippen LogP contribution in [0, 0.1) is 0 Å². The number of rotatable bonds is 5. The Kier molecular flexibility index (Phi) is 4.74. The summed E-state index contributed by atoms with van der Waals surface area (Å²) in [6.45, 7) is 5.72. The lowest BCUT2D eigenvalue weighted by atomic mass is 10.0. The molecule has 5 nitrogen and oxygen atoms in total. The van der Waals surface area contributed by atoms with Crippen molar-refractivity contribution in [2.24, 2.45) is 5.73 Å². The van der Waals surface area contributed by atoms with Gasteiger partial charge in [0.1, 0.15) is 0 Å². The van der Waals surface area contributed by atoms with Crippen LogP contribution in [0.4, 0.5) is 0 Å². The summed E-state index contributed by atoms with van der Waals surface area (Å²) in [4.78, 5) is 14.6. The Hall–Kier alpha value is -1.17. The van der Waals surface area contributed by atoms with E-state index in [4.69, 9.17) is 10.8 Å². The fourth-order valence-electron chi connectivity index (χ4n) is 2.83. The van der Waals surface area contributed by atoms with Gasteiger partial charge in [0.05, 0.1) is 6.61 Å². The van der Waals surface area contributed by atoms with Crippen LogP contribution in [0.2, 0.25) is 0 Å². The minimum Gasteiger partial charge on any atom is -0.395 e. The van der Waals surface area contributed by atoms with Gasteiger partial charge < -0.3 is 15.4 Å². The lowest BCUT2D eigenvalue weighted by molar-refractivity contribution is 0.240. The zero-order chi connectivity index (χ0) is 13.8. The Morgan fingerprint density at radius 2 is 2.21 bits per heavy atom. The molecule has 1 aromatic heterocycles. The number of pyridine rings is 1. The van der Waals surface area contributed by atoms with Crippen LogP contribution in [-0.4, -0.2) is 34.3 Å². The molecule has 0 fully saturated rings. The molecule has 19 heavy (non-hydrogen) atoms. The first-order valence-electron chi connectivity index (χ1n) is 6.99. The Bertz CT molecular complexity index is 496. The molecule has 0 radical (unpaired) electrons. The highest BCUT2D eigenvalue weighted by Gasteiger charge is 2.20. The van der Waals surface area contributed by atoms with E-state index >= 15 is 0 Å². The van der Waals surface area contributed by atoms with Crippen molar-refractivity contribution in [3.63, 3.8) is 0 Å². The summed E-state index contributed by atoms with van der Waals surface area (Å²) in [7, 11) is 0. The summed E-state index contributed by atoms with van der Waals surface area (Å²) < 4.78 is 1.71. The summed E-state index contributed by atoms with van der Waals surface area (Å²) in [6.07, 6.45) is 2.00. The first kappa shape index (κ1) is 14.2. The fourth-order valence-corrected chi connectivity index (χ4v) is 2.83. The second kappa shape index (κ2) is 6.32. The largest absolute Gasteiger partial charge is 0.395 e. The van der Waals surface area contributed by atoms with Crippen LogP contribution in [0.1, 0.15) is 30.2 Å². The second-order valence-corrected chi connectivity index (χ2v) is 5.05. The number of hydrogen-bond acceptors (Lipinski definition) is 4. The molecule has 2 heterocycles. The highest BCUT2D eigenvalue weighted by Crippen LogP contribution is 2.19. The predicted molar refractivity (Wildman–Crippen MR) is 75.0 cm³/mol. The Morgan fingerprint density at radius 1 is 1.42 bits per heavy atom. The SMILES string of the molecule is CCCN1CCc2c(cc(CN)c(=O)n2CCO)C1. The molecule has 2 rings (SSSR count). The third-order valence-corrected chi connectivity index (χ3v) is 3.71. The molecule has 0 spiro atoms. The summed E-state index contributed by atoms with van der Waals surface area (Å²) in [5.74, 6) is 0. The van der Waals surface area contributed by atoms with Gasteiger partial charge in [0.2, 0.25) is 0 Å². The van der Waals surface area contributed by atoms with Crippen molar-refractivity contribution < 1.29 is 5.11 Å². The van der Waals surface area contributed by atoms with Gasteiger partial charge in [-0.3, -0.25) is 9.69 Å². The van der Waals surface area contributed by atoms with E-state index in [1.165, 1.54) is 5.56 Å². The molecule has 0 aromatic carbocycles. The van der Waals surface area contributed by atoms with Gasteiger partial charge in [-0.2, -0.15) is 0 Å². The third kappa shape index (κ3) is 2.88. The zero-order valence-corrected chi connectivity index (χ0v) is 11.6. The van der Waals surface area contributed by atoms with E-state index in [0.29, 0.717) is 12.1 Å². The summed E-state index contributed by atoms with van der Waals surface area (Å²) >= 11 is 0. The average molecular weight is 265 g/mol. The number of hydrogen-bond donors (Lipinski definition) is 2. The maximum atomic E-state index is 12.2. The molecule has 1 aliphatic rings. The maximum Gasteiger partial charge on any atom is 0.255 e. The molecule has 1 aliphatic heterocycles. The highest BCUT2D eigenvalue weighted by atomic mass is 16.3. The number of aliphatic hydroxyl groups is 1. The van der Waals surface area contributed by atoms with Crippen molar-refractivity contribution in [2.75, 3.05) is 19.7 Å². The Labute approximate surface area is 113 Å². The third-order valence-electron chi connectivity index (χ3n) is 3.71. The molecule has 0 bridgehead atoms. The van der Waals surface area contributed by atoms with Gasteiger partial charge >= 0.3 is 0 Å². The first-order chi connectivity index (χ1) is 9.21. The van der Waals surface area contributed by atoms with Gasteiger partial charge in [0.25, 0.3) is 5.56 Å². The van der Waals surface area contributed by atoms with Gasteiger partial charge in [0, 0.05) is 43.9 Å². The van der Waals surface area contributed by atoms with Crippen LogP contribution in [-0.2, 0) is 26.1 Å². The van der Waals surface area contributed by atoms with Gasteiger partial charge in [-0.05, 0) is 24.6 Å². The maximum absolute atomic E-state index is 12.2. The van der Waals surface area contributed by atoms with Crippen LogP contribution in [0.3, 0.4) is 0 Å². The van der Waals surface area contributed by atoms with E-state index in [9.17, 15) is 4.79 Å². The highest BCUT2D eigenvalue weighted by molar-refractivity contribution is 5.29. The predicted octanol–water partition coefficient (Wildman–Crippen LogP) is 0.0674. The standard InChI is InChI=1S/C14H23N3O2/c1-2-4-16-5-3-13-12(10-16)8-11(9-15)14(19)17(13)6-7-18/h8,18H,2-7,9-10,15H2,1H3. The molecular formula is C14H23N3O2. The van der Waals surface area contributed by atoms with Gasteiger partial charge in [-0.25, -0.2) is 0 Å². The first-order valence-corrected chi connectivity index (χ1v) is 6.99. The van der Waals surface area contributed by atoms with E-state index in [-0.39, 0.29) is 18.7 Å². The van der Waals surface area contributed by atoms with E-state index in [1.807, 2.05) is 6.07 Å². The topological polar surface area (TPSA) is 71.5 Å². The average Bonchev–Trinajstić information content (AvgIpc) is 2.42. The number of aliphatic hydroxyl groups excluding tert-OH is 1. The molecule has 0 saturated heterocycles. The van der Waals surface area contributed by atoms with Crippen LogP contribution < -0.4 is 11.3 Å². The molecular weight excluding hydrogens is 242 g/mol. The van der Waals surface area contributed by atoms with Crippen molar-refractivity contribution in [1.29, 1.82) is 0 Å². The molecule has 0 saturated carbocycles. The molecule has 0 atom stereocenters. The zero-order valence-electron chi connectivity index (χ0n) is 11.6. The van der Waals surface area contributed by atoms with Crippen LogP contribution in [0.15, 0.2) is 10.9 Å². The molecule has 0 unspecified atom stereocenters. The fraction of sp³-hybridized carbons (Fsp3) is 0.643. The number of fused-ring (bicyclic) bond motifs is 1. The lowest BCUT2D eigenvalue weighted by Crippen LogP contribution is -2.38. The van der Waals surface area contributed by atoms with E-state index in [1.54, 1.807) is 4.57 Å². The monoisotopic (exact) mass is 265 g/mol. The summed E-state index contributed by atoms with van der Waals surface area (Å²) in [5, 5.41) is 9.14. The molecule has 0 aliphatic carbocycles. The van der Waals surface area contributed by atoms with Gasteiger partial charge in [-0.1, -0.05) is 6.92 Å². The van der Waals surface area contributed by atoms with E-state index in [0.717, 1.165) is 38.2 Å². The smallest absolute Gasteiger partial charge is 0.255 e. The van der Waals surface area contributed by atoms with Crippen LogP contribution >= 0.6 is 0 Å². The minimum atomic E-state index is -0.0424. The molecule has 0 amide bonds. The van der Waals surface area contributed by atoms with E-state index in [2.05, 4.69) is 11.8 Å². The summed E-state index contributed by atoms with van der Waals surface area (Å²) in [6, 6.07) is 1.95. The van der Waals surface area contributed by atoms with Crippen molar-refractivity contribution in [3.8, 4) is 0 Å². The van der Waals surface area contributed by atoms with Gasteiger partial charge in [-0.15, -0.1) is 0 Å². The summed E-state index contributed by atoms with van der Waals surface area (Å²) in [5.41, 5.74) is 8.52. The normalized spacial score (nSPS) is 15.5. The lowest BCUT2D eigenvalue weighted by Gasteiger charge is -2.30. The number of aromatic nitrogens is 1. The molecule has 3 N–H and O–H groups in total. The Balaban J connectivity index is 2.41. The number of nitrogens with zero attached hydrogens (tertiary/aromatic N) is 2. The van der Waals surface area contributed by atoms with Crippen molar-refractivity contribution in [3.05, 3.63) is 33.2 Å².